The predicted octanol–water partition coefficient (Wildman–Crippen LogP) is 17.9. The maximum Gasteiger partial charge on any atom is 0.136 e. The number of imidazole rings is 1. The third kappa shape index (κ3) is 8.04. The maximum atomic E-state index is 6.86. The summed E-state index contributed by atoms with van der Waals surface area (Å²) in [4.78, 5) is 9.85. The predicted molar refractivity (Wildman–Crippen MR) is 288 cm³/mol. The van der Waals surface area contributed by atoms with E-state index in [0.717, 1.165) is 116 Å². The van der Waals surface area contributed by atoms with E-state index in [0.29, 0.717) is 0 Å². The van der Waals surface area contributed by atoms with Crippen molar-refractivity contribution in [2.45, 2.75) is 65.7 Å². The molecule has 71 heavy (non-hydrogen) atoms. The second-order valence-electron chi connectivity index (χ2n) is 20.0. The Labute approximate surface area is 426 Å². The molecule has 8 aromatic carbocycles. The Morgan fingerprint density at radius 3 is 1.94 bits per heavy atom. The van der Waals surface area contributed by atoms with Crippen molar-refractivity contribution in [3.05, 3.63) is 199 Å². The molecule has 0 N–H and O–H groups in total. The molecule has 0 aliphatic rings. The summed E-state index contributed by atoms with van der Waals surface area (Å²) in [6.45, 7) is 15.7. The van der Waals surface area contributed by atoms with Crippen molar-refractivity contribution < 1.29 is 33.4 Å². The molecule has 6 nitrogen and oxygen atoms in total. The van der Waals surface area contributed by atoms with Gasteiger partial charge in [-0.15, -0.1) is 54.1 Å². The first-order valence-electron chi connectivity index (χ1n) is 24.2. The summed E-state index contributed by atoms with van der Waals surface area (Å²) >= 11 is 0. The number of aromatic nitrogens is 3. The van der Waals surface area contributed by atoms with Gasteiger partial charge in [0.2, 0.25) is 0 Å². The van der Waals surface area contributed by atoms with Crippen molar-refractivity contribution in [2.75, 3.05) is 0 Å². The topological polar surface area (TPSA) is 70.1 Å². The van der Waals surface area contributed by atoms with Gasteiger partial charge in [-0.3, -0.25) is 4.98 Å². The van der Waals surface area contributed by atoms with E-state index in [1.807, 2.05) is 66.9 Å². The summed E-state index contributed by atoms with van der Waals surface area (Å²) in [7, 11) is 0. The fourth-order valence-corrected chi connectivity index (χ4v) is 10.0. The van der Waals surface area contributed by atoms with Crippen LogP contribution in [0.25, 0.3) is 116 Å². The Morgan fingerprint density at radius 2 is 1.23 bits per heavy atom. The van der Waals surface area contributed by atoms with Crippen LogP contribution in [0, 0.1) is 12.1 Å². The molecule has 0 unspecified atom stereocenters. The van der Waals surface area contributed by atoms with Gasteiger partial charge in [-0.25, -0.2) is 0 Å². The van der Waals surface area contributed by atoms with Gasteiger partial charge in [0.15, 0.2) is 0 Å². The molecule has 7 heteroatoms. The van der Waals surface area contributed by atoms with E-state index in [-0.39, 0.29) is 37.4 Å². The van der Waals surface area contributed by atoms with Crippen LogP contribution in [0.4, 0.5) is 0 Å². The maximum absolute atomic E-state index is 6.86. The van der Waals surface area contributed by atoms with Gasteiger partial charge in [0.05, 0.1) is 22.4 Å². The van der Waals surface area contributed by atoms with Crippen LogP contribution in [-0.2, 0) is 25.5 Å². The molecular weight excluding hydrogens is 1050 g/mol. The number of rotatable bonds is 6. The Balaban J connectivity index is 0.000000275. The van der Waals surface area contributed by atoms with Crippen LogP contribution >= 0.6 is 0 Å². The average molecular weight is 1100 g/mol. The van der Waals surface area contributed by atoms with Gasteiger partial charge in [0, 0.05) is 64.5 Å². The van der Waals surface area contributed by atoms with E-state index in [1.165, 1.54) is 16.7 Å². The summed E-state index contributed by atoms with van der Waals surface area (Å²) in [6, 6.07) is 63.3. The first kappa shape index (κ1) is 45.8. The Kier molecular flexibility index (Phi) is 11.6. The summed E-state index contributed by atoms with van der Waals surface area (Å²) in [5.74, 6) is 2.05. The first-order valence-corrected chi connectivity index (χ1v) is 24.2. The minimum atomic E-state index is 0. The van der Waals surface area contributed by atoms with Crippen LogP contribution in [0.15, 0.2) is 183 Å². The zero-order valence-corrected chi connectivity index (χ0v) is 43.1. The Morgan fingerprint density at radius 1 is 0.549 bits per heavy atom. The second kappa shape index (κ2) is 18.0. The third-order valence-electron chi connectivity index (χ3n) is 13.7. The number of para-hydroxylation sites is 2. The SMILES string of the molecule is CC(C)(C)c1ccnc(-c2[c-]cccc2)c1.CC(C)c1cc(-c2cc3ccccc3o2)cc(C(C)C)c1-n1c(-c2[c-]ccc3c2oc2cc4c(cc23)oc2ccccc24)nc2ccc3ccccc3c21.[Ir]. The normalized spacial score (nSPS) is 12.0. The second-order valence-corrected chi connectivity index (χ2v) is 20.0. The van der Waals surface area contributed by atoms with Gasteiger partial charge in [-0.2, -0.15) is 0 Å². The van der Waals surface area contributed by atoms with E-state index >= 15 is 0 Å². The molecule has 1 radical (unpaired) electrons. The van der Waals surface area contributed by atoms with Crippen molar-refractivity contribution >= 4 is 76.7 Å². The smallest absolute Gasteiger partial charge is 0.136 e. The number of benzene rings is 8. The van der Waals surface area contributed by atoms with Gasteiger partial charge in [0.1, 0.15) is 28.1 Å². The van der Waals surface area contributed by atoms with Crippen LogP contribution in [0.3, 0.4) is 0 Å². The van der Waals surface area contributed by atoms with E-state index in [1.54, 1.807) is 0 Å². The standard InChI is InChI=1S/C49H35N2O3.C15H16N.Ir/c1-27(2)36-22-31(43-24-30-13-6-9-18-41(30)52-43)23-37(28(3)4)46(36)51-47-32-14-7-5-12-29(32)20-21-40(47)50-49(51)35-17-11-16-34-39-26-44-38(25-45(39)54-48(34)35)33-15-8-10-19-42(33)53-44;1-15(2,3)13-9-10-16-14(11-13)12-7-5-4-6-8-12;/h5-16,18-28H,1-4H3;4-7,9-11H,1-3H3;/q2*-1;. The molecular formula is C64H51IrN3O3-2. The van der Waals surface area contributed by atoms with Crippen LogP contribution < -0.4 is 0 Å². The van der Waals surface area contributed by atoms with Gasteiger partial charge in [0.25, 0.3) is 0 Å². The number of hydrogen-bond donors (Lipinski definition) is 0. The van der Waals surface area contributed by atoms with E-state index in [2.05, 4.69) is 173 Å². The summed E-state index contributed by atoms with van der Waals surface area (Å²) in [5, 5.41) is 7.51. The van der Waals surface area contributed by atoms with Crippen LogP contribution in [0.1, 0.15) is 77.0 Å². The minimum Gasteiger partial charge on any atom is -0.501 e. The van der Waals surface area contributed by atoms with Crippen molar-refractivity contribution in [3.8, 4) is 39.7 Å². The molecule has 13 rings (SSSR count). The molecule has 0 aliphatic carbocycles. The molecule has 0 saturated carbocycles. The molecule has 0 atom stereocenters. The molecule has 0 saturated heterocycles. The summed E-state index contributed by atoms with van der Waals surface area (Å²) < 4.78 is 22.0. The Hall–Kier alpha value is -7.57. The van der Waals surface area contributed by atoms with E-state index < -0.39 is 0 Å². The van der Waals surface area contributed by atoms with Crippen LogP contribution in [0.5, 0.6) is 0 Å². The fraction of sp³-hybridized carbons (Fsp3) is 0.156. The van der Waals surface area contributed by atoms with Gasteiger partial charge in [-0.1, -0.05) is 132 Å². The molecule has 5 aromatic heterocycles. The molecule has 0 amide bonds. The van der Waals surface area contributed by atoms with Crippen LogP contribution in [0.2, 0.25) is 0 Å². The number of fused-ring (bicyclic) bond motifs is 10. The summed E-state index contributed by atoms with van der Waals surface area (Å²) in [5.41, 5.74) is 15.1. The fourth-order valence-electron chi connectivity index (χ4n) is 10.0. The Bertz CT molecular complexity index is 4060. The number of hydrogen-bond acceptors (Lipinski definition) is 5. The van der Waals surface area contributed by atoms with Gasteiger partial charge >= 0.3 is 0 Å². The quantitative estimate of drug-likeness (QED) is 0.155. The summed E-state index contributed by atoms with van der Waals surface area (Å²) in [6.07, 6.45) is 1.87. The molecule has 5 heterocycles. The van der Waals surface area contributed by atoms with Gasteiger partial charge in [-0.05, 0) is 99.6 Å². The first-order chi connectivity index (χ1) is 34.0. The molecule has 351 valence electrons. The molecule has 0 aliphatic heterocycles. The molecule has 0 bridgehead atoms. The van der Waals surface area contributed by atoms with E-state index in [4.69, 9.17) is 18.2 Å². The number of furan rings is 3. The largest absolute Gasteiger partial charge is 0.501 e. The molecule has 0 spiro atoms. The zero-order valence-electron chi connectivity index (χ0n) is 40.7. The minimum absolute atomic E-state index is 0. The number of pyridine rings is 1. The third-order valence-corrected chi connectivity index (χ3v) is 13.7. The van der Waals surface area contributed by atoms with Crippen molar-refractivity contribution in [3.63, 3.8) is 0 Å². The van der Waals surface area contributed by atoms with Gasteiger partial charge < -0.3 is 22.8 Å². The van der Waals surface area contributed by atoms with Crippen LogP contribution in [-0.4, -0.2) is 14.5 Å². The van der Waals surface area contributed by atoms with Crippen molar-refractivity contribution in [1.29, 1.82) is 0 Å². The monoisotopic (exact) mass is 1100 g/mol. The van der Waals surface area contributed by atoms with E-state index in [9.17, 15) is 0 Å². The zero-order chi connectivity index (χ0) is 47.8. The molecule has 13 aromatic rings. The van der Waals surface area contributed by atoms with Crippen molar-refractivity contribution in [2.24, 2.45) is 0 Å². The number of nitrogens with zero attached hydrogens (tertiary/aromatic N) is 3. The average Bonchev–Trinajstić information content (AvgIpc) is 4.17. The van der Waals surface area contributed by atoms with Crippen molar-refractivity contribution in [1.82, 2.24) is 14.5 Å². The molecule has 0 fully saturated rings.